The Morgan fingerprint density at radius 2 is 2.15 bits per heavy atom. The van der Waals surface area contributed by atoms with Gasteiger partial charge in [0.15, 0.2) is 0 Å². The number of carbonyl (C=O) groups excluding carboxylic acids is 2. The van der Waals surface area contributed by atoms with E-state index in [-0.39, 0.29) is 24.0 Å². The van der Waals surface area contributed by atoms with E-state index in [0.29, 0.717) is 22.1 Å². The molecule has 1 heterocycles. The number of nitrogens with zero attached hydrogens (tertiary/aromatic N) is 3. The third kappa shape index (κ3) is 6.52. The lowest BCUT2D eigenvalue weighted by Crippen LogP contribution is -2.19. The number of nitrogens with one attached hydrogen (secondary N) is 2. The molecule has 26 heavy (non-hydrogen) atoms. The molecule has 0 aliphatic rings. The Labute approximate surface area is 162 Å². The summed E-state index contributed by atoms with van der Waals surface area (Å²) in [5.41, 5.74) is 2.83. The molecule has 138 valence electrons. The Kier molecular flexibility index (Phi) is 7.67. The number of hydrogen-bond acceptors (Lipinski definition) is 7. The van der Waals surface area contributed by atoms with Crippen molar-refractivity contribution >= 4 is 50.4 Å². The van der Waals surface area contributed by atoms with Crippen LogP contribution in [0.4, 0.5) is 5.13 Å². The van der Waals surface area contributed by atoms with E-state index in [2.05, 4.69) is 42.0 Å². The Morgan fingerprint density at radius 1 is 1.35 bits per heavy atom. The Balaban J connectivity index is 1.83. The summed E-state index contributed by atoms with van der Waals surface area (Å²) in [6.07, 6.45) is 3.52. The van der Waals surface area contributed by atoms with Crippen molar-refractivity contribution in [3.05, 3.63) is 33.2 Å². The summed E-state index contributed by atoms with van der Waals surface area (Å²) in [4.78, 5) is 23.5. The van der Waals surface area contributed by atoms with Crippen LogP contribution in [0.5, 0.6) is 5.75 Å². The van der Waals surface area contributed by atoms with Crippen LogP contribution in [-0.2, 0) is 16.0 Å². The molecular weight excluding hydrogens is 422 g/mol. The van der Waals surface area contributed by atoms with Gasteiger partial charge in [-0.1, -0.05) is 40.6 Å². The molecule has 2 rings (SSSR count). The first-order valence-electron chi connectivity index (χ1n) is 7.90. The highest BCUT2D eigenvalue weighted by Gasteiger charge is 2.11. The van der Waals surface area contributed by atoms with Gasteiger partial charge in [0.05, 0.1) is 12.6 Å². The SMILES string of the molecule is CCCCC(=O)Nc1nnc(CC(=O)N/N=C\c2cc(Br)ccc2O)s1. The Bertz CT molecular complexity index is 809. The van der Waals surface area contributed by atoms with Gasteiger partial charge in [0.25, 0.3) is 0 Å². The number of hydrogen-bond donors (Lipinski definition) is 3. The lowest BCUT2D eigenvalue weighted by molar-refractivity contribution is -0.120. The average molecular weight is 440 g/mol. The molecule has 0 spiro atoms. The zero-order chi connectivity index (χ0) is 18.9. The van der Waals surface area contributed by atoms with Crippen LogP contribution in [0.25, 0.3) is 0 Å². The third-order valence-electron chi connectivity index (χ3n) is 3.16. The highest BCUT2D eigenvalue weighted by molar-refractivity contribution is 9.10. The summed E-state index contributed by atoms with van der Waals surface area (Å²) in [5, 5.41) is 24.7. The number of halogens is 1. The number of rotatable bonds is 8. The number of amides is 2. The molecule has 2 aromatic rings. The van der Waals surface area contributed by atoms with Crippen LogP contribution in [0.3, 0.4) is 0 Å². The van der Waals surface area contributed by atoms with Gasteiger partial charge in [-0.3, -0.25) is 9.59 Å². The second-order valence-corrected chi connectivity index (χ2v) is 7.30. The summed E-state index contributed by atoms with van der Waals surface area (Å²) >= 11 is 4.43. The molecule has 0 saturated heterocycles. The molecule has 0 unspecified atom stereocenters. The number of anilines is 1. The quantitative estimate of drug-likeness (QED) is 0.431. The second-order valence-electron chi connectivity index (χ2n) is 5.33. The Hall–Kier alpha value is -2.33. The fourth-order valence-electron chi connectivity index (χ4n) is 1.87. The molecule has 0 saturated carbocycles. The lowest BCUT2D eigenvalue weighted by Gasteiger charge is -2.00. The minimum absolute atomic E-state index is 0.00962. The first-order chi connectivity index (χ1) is 12.5. The van der Waals surface area contributed by atoms with Crippen LogP contribution in [-0.4, -0.2) is 33.3 Å². The van der Waals surface area contributed by atoms with E-state index in [0.717, 1.165) is 28.7 Å². The highest BCUT2D eigenvalue weighted by Crippen LogP contribution is 2.20. The van der Waals surface area contributed by atoms with Gasteiger partial charge in [-0.25, -0.2) is 5.43 Å². The number of phenols is 1. The molecule has 2 amide bonds. The van der Waals surface area contributed by atoms with Crippen LogP contribution in [0.15, 0.2) is 27.8 Å². The molecule has 8 nitrogen and oxygen atoms in total. The number of phenolic OH excluding ortho intramolecular Hbond substituents is 1. The van der Waals surface area contributed by atoms with Crippen molar-refractivity contribution in [2.45, 2.75) is 32.6 Å². The fourth-order valence-corrected chi connectivity index (χ4v) is 3.01. The van der Waals surface area contributed by atoms with Crippen molar-refractivity contribution in [1.29, 1.82) is 0 Å². The molecule has 0 atom stereocenters. The summed E-state index contributed by atoms with van der Waals surface area (Å²) in [6.45, 7) is 2.01. The van der Waals surface area contributed by atoms with Crippen LogP contribution < -0.4 is 10.7 Å². The van der Waals surface area contributed by atoms with E-state index in [1.54, 1.807) is 12.1 Å². The maximum Gasteiger partial charge on any atom is 0.247 e. The molecule has 10 heteroatoms. The summed E-state index contributed by atoms with van der Waals surface area (Å²) < 4.78 is 0.783. The van der Waals surface area contributed by atoms with E-state index >= 15 is 0 Å². The van der Waals surface area contributed by atoms with Crippen molar-refractivity contribution in [3.8, 4) is 5.75 Å². The van der Waals surface area contributed by atoms with Gasteiger partial charge in [0.2, 0.25) is 16.9 Å². The maximum atomic E-state index is 11.9. The summed E-state index contributed by atoms with van der Waals surface area (Å²) in [7, 11) is 0. The van der Waals surface area contributed by atoms with Gasteiger partial charge >= 0.3 is 0 Å². The van der Waals surface area contributed by atoms with Crippen molar-refractivity contribution in [1.82, 2.24) is 15.6 Å². The van der Waals surface area contributed by atoms with Crippen LogP contribution in [0.2, 0.25) is 0 Å². The predicted octanol–water partition coefficient (Wildman–Crippen LogP) is 2.83. The number of hydrazone groups is 1. The second kappa shape index (κ2) is 9.97. The van der Waals surface area contributed by atoms with Gasteiger partial charge in [-0.05, 0) is 24.6 Å². The van der Waals surface area contributed by atoms with Crippen molar-refractivity contribution in [2.24, 2.45) is 5.10 Å². The normalized spacial score (nSPS) is 10.8. The lowest BCUT2D eigenvalue weighted by atomic mass is 10.2. The number of unbranched alkanes of at least 4 members (excludes halogenated alkanes) is 1. The Morgan fingerprint density at radius 3 is 2.92 bits per heavy atom. The van der Waals surface area contributed by atoms with Gasteiger partial charge in [0, 0.05) is 16.5 Å². The van der Waals surface area contributed by atoms with Crippen LogP contribution in [0, 0.1) is 0 Å². The minimum Gasteiger partial charge on any atom is -0.507 e. The predicted molar refractivity (Wildman–Crippen MR) is 103 cm³/mol. The smallest absolute Gasteiger partial charge is 0.247 e. The number of aromatic nitrogens is 2. The zero-order valence-electron chi connectivity index (χ0n) is 14.0. The van der Waals surface area contributed by atoms with Crippen molar-refractivity contribution in [2.75, 3.05) is 5.32 Å². The van der Waals surface area contributed by atoms with Gasteiger partial charge in [-0.15, -0.1) is 10.2 Å². The van der Waals surface area contributed by atoms with Gasteiger partial charge in [0.1, 0.15) is 10.8 Å². The highest BCUT2D eigenvalue weighted by atomic mass is 79.9. The maximum absolute atomic E-state index is 11.9. The largest absolute Gasteiger partial charge is 0.507 e. The first kappa shape index (κ1) is 20.0. The zero-order valence-corrected chi connectivity index (χ0v) is 16.4. The number of carbonyl (C=O) groups is 2. The van der Waals surface area contributed by atoms with E-state index in [9.17, 15) is 14.7 Å². The van der Waals surface area contributed by atoms with Crippen molar-refractivity contribution in [3.63, 3.8) is 0 Å². The van der Waals surface area contributed by atoms with E-state index < -0.39 is 0 Å². The molecule has 3 N–H and O–H groups in total. The molecule has 0 aliphatic heterocycles. The third-order valence-corrected chi connectivity index (χ3v) is 4.50. The molecule has 0 bridgehead atoms. The standard InChI is InChI=1S/C16H18BrN5O3S/c1-2-3-4-13(24)19-16-22-21-15(26-16)8-14(25)20-18-9-10-7-11(17)5-6-12(10)23/h5-7,9,23H,2-4,8H2,1H3,(H,20,25)(H,19,22,24)/b18-9-. The molecule has 1 aromatic carbocycles. The van der Waals surface area contributed by atoms with E-state index in [4.69, 9.17) is 0 Å². The number of aromatic hydroxyl groups is 1. The van der Waals surface area contributed by atoms with E-state index in [1.807, 2.05) is 6.92 Å². The average Bonchev–Trinajstić information content (AvgIpc) is 3.02. The minimum atomic E-state index is -0.379. The van der Waals surface area contributed by atoms with E-state index in [1.165, 1.54) is 12.3 Å². The molecule has 0 aliphatic carbocycles. The van der Waals surface area contributed by atoms with Crippen molar-refractivity contribution < 1.29 is 14.7 Å². The monoisotopic (exact) mass is 439 g/mol. The number of benzene rings is 1. The van der Waals surface area contributed by atoms with Crippen LogP contribution in [0.1, 0.15) is 36.8 Å². The molecular formula is C16H18BrN5O3S. The molecule has 0 radical (unpaired) electrons. The fraction of sp³-hybridized carbons (Fsp3) is 0.312. The summed E-state index contributed by atoms with van der Waals surface area (Å²) in [6, 6.07) is 4.88. The van der Waals surface area contributed by atoms with Gasteiger partial charge < -0.3 is 10.4 Å². The topological polar surface area (TPSA) is 117 Å². The first-order valence-corrected chi connectivity index (χ1v) is 9.51. The van der Waals surface area contributed by atoms with Gasteiger partial charge in [-0.2, -0.15) is 5.10 Å². The molecule has 1 aromatic heterocycles. The molecule has 0 fully saturated rings. The van der Waals surface area contributed by atoms with Crippen LogP contribution >= 0.6 is 27.3 Å². The summed E-state index contributed by atoms with van der Waals surface area (Å²) in [5.74, 6) is -0.438.